The van der Waals surface area contributed by atoms with Gasteiger partial charge in [0.15, 0.2) is 5.13 Å². The number of piperazine rings is 1. The first kappa shape index (κ1) is 13.0. The van der Waals surface area contributed by atoms with Crippen LogP contribution in [0.5, 0.6) is 0 Å². The summed E-state index contributed by atoms with van der Waals surface area (Å²) in [5, 5.41) is 4.74. The van der Waals surface area contributed by atoms with Crippen molar-refractivity contribution in [2.75, 3.05) is 38.1 Å². The van der Waals surface area contributed by atoms with Crippen molar-refractivity contribution in [1.82, 2.24) is 15.2 Å². The van der Waals surface area contributed by atoms with Crippen LogP contribution in [0.1, 0.15) is 42.3 Å². The monoisotopic (exact) mass is 292 g/mol. The Hall–Kier alpha value is -0.650. The summed E-state index contributed by atoms with van der Waals surface area (Å²) in [4.78, 5) is 11.7. The van der Waals surface area contributed by atoms with Crippen LogP contribution in [0, 0.1) is 0 Å². The molecule has 0 radical (unpaired) electrons. The Kier molecular flexibility index (Phi) is 3.44. The van der Waals surface area contributed by atoms with Gasteiger partial charge in [0.05, 0.1) is 5.69 Å². The maximum absolute atomic E-state index is 4.97. The number of rotatable bonds is 2. The molecule has 4 rings (SSSR count). The molecule has 20 heavy (non-hydrogen) atoms. The third-order valence-corrected chi connectivity index (χ3v) is 6.42. The zero-order valence-corrected chi connectivity index (χ0v) is 13.1. The van der Waals surface area contributed by atoms with Crippen LogP contribution in [0.25, 0.3) is 0 Å². The van der Waals surface area contributed by atoms with Gasteiger partial charge in [-0.2, -0.15) is 0 Å². The molecule has 0 spiro atoms. The van der Waals surface area contributed by atoms with Crippen LogP contribution in [0.2, 0.25) is 0 Å². The van der Waals surface area contributed by atoms with E-state index in [-0.39, 0.29) is 0 Å². The van der Waals surface area contributed by atoms with Crippen molar-refractivity contribution in [2.45, 2.75) is 44.2 Å². The largest absolute Gasteiger partial charge is 0.345 e. The van der Waals surface area contributed by atoms with E-state index in [2.05, 4.69) is 22.2 Å². The lowest BCUT2D eigenvalue weighted by Gasteiger charge is -2.37. The second-order valence-corrected chi connectivity index (χ2v) is 7.33. The molecule has 5 heteroatoms. The first-order valence-corrected chi connectivity index (χ1v) is 8.82. The quantitative estimate of drug-likeness (QED) is 0.904. The maximum Gasteiger partial charge on any atom is 0.185 e. The van der Waals surface area contributed by atoms with E-state index in [1.165, 1.54) is 67.4 Å². The molecule has 1 N–H and O–H groups in total. The molecule has 110 valence electrons. The number of anilines is 1. The lowest BCUT2D eigenvalue weighted by Crippen LogP contribution is -2.50. The van der Waals surface area contributed by atoms with Crippen LogP contribution in [0.15, 0.2) is 0 Å². The number of hydrogen-bond donors (Lipinski definition) is 1. The number of thiazole rings is 1. The van der Waals surface area contributed by atoms with E-state index in [0.717, 1.165) is 12.6 Å². The van der Waals surface area contributed by atoms with Crippen LogP contribution in [-0.2, 0) is 6.42 Å². The zero-order chi connectivity index (χ0) is 13.5. The average Bonchev–Trinajstić information content (AvgIpc) is 3.11. The van der Waals surface area contributed by atoms with Gasteiger partial charge in [0.1, 0.15) is 0 Å². The lowest BCUT2D eigenvalue weighted by molar-refractivity contribution is 0.231. The maximum atomic E-state index is 4.97. The number of hydrogen-bond acceptors (Lipinski definition) is 5. The van der Waals surface area contributed by atoms with Gasteiger partial charge in [0, 0.05) is 36.6 Å². The fraction of sp³-hybridized carbons (Fsp3) is 0.800. The molecular formula is C15H24N4S. The van der Waals surface area contributed by atoms with Crippen molar-refractivity contribution in [3.63, 3.8) is 0 Å². The van der Waals surface area contributed by atoms with E-state index >= 15 is 0 Å². The summed E-state index contributed by atoms with van der Waals surface area (Å²) < 4.78 is 0. The van der Waals surface area contributed by atoms with Crippen molar-refractivity contribution in [3.8, 4) is 0 Å². The van der Waals surface area contributed by atoms with Crippen LogP contribution in [0.4, 0.5) is 5.13 Å². The Morgan fingerprint density at radius 2 is 2.15 bits per heavy atom. The Bertz CT molecular complexity index is 486. The molecule has 0 aromatic carbocycles. The SMILES string of the molecule is CNC1CCCc2nc(N3CCN4CCCC4C3)sc21. The van der Waals surface area contributed by atoms with Gasteiger partial charge < -0.3 is 10.2 Å². The Morgan fingerprint density at radius 1 is 1.20 bits per heavy atom. The molecule has 2 fully saturated rings. The molecule has 4 nitrogen and oxygen atoms in total. The smallest absolute Gasteiger partial charge is 0.185 e. The Labute approximate surface area is 125 Å². The van der Waals surface area contributed by atoms with Gasteiger partial charge in [-0.15, -0.1) is 0 Å². The van der Waals surface area contributed by atoms with E-state index in [0.29, 0.717) is 6.04 Å². The van der Waals surface area contributed by atoms with Crippen molar-refractivity contribution in [1.29, 1.82) is 0 Å². The molecule has 0 saturated carbocycles. The molecule has 1 aliphatic carbocycles. The van der Waals surface area contributed by atoms with Gasteiger partial charge in [-0.3, -0.25) is 4.90 Å². The molecule has 2 atom stereocenters. The average molecular weight is 292 g/mol. The predicted molar refractivity (Wildman–Crippen MR) is 83.7 cm³/mol. The van der Waals surface area contributed by atoms with Crippen LogP contribution >= 0.6 is 11.3 Å². The fourth-order valence-corrected chi connectivity index (χ4v) is 5.27. The second-order valence-electron chi connectivity index (χ2n) is 6.32. The van der Waals surface area contributed by atoms with E-state index in [1.54, 1.807) is 0 Å². The standard InChI is InChI=1S/C15H24N4S/c1-16-12-5-2-6-13-14(12)20-15(17-13)19-9-8-18-7-3-4-11(18)10-19/h11-12,16H,2-10H2,1H3. The third kappa shape index (κ3) is 2.16. The number of fused-ring (bicyclic) bond motifs is 2. The van der Waals surface area contributed by atoms with Gasteiger partial charge in [0.2, 0.25) is 0 Å². The van der Waals surface area contributed by atoms with Gasteiger partial charge in [-0.1, -0.05) is 11.3 Å². The van der Waals surface area contributed by atoms with Crippen LogP contribution in [-0.4, -0.2) is 49.2 Å². The summed E-state index contributed by atoms with van der Waals surface area (Å²) in [6.45, 7) is 4.89. The minimum Gasteiger partial charge on any atom is -0.345 e. The first-order valence-electron chi connectivity index (χ1n) is 8.01. The summed E-state index contributed by atoms with van der Waals surface area (Å²) in [5.74, 6) is 0. The second kappa shape index (κ2) is 5.28. The fourth-order valence-electron chi connectivity index (χ4n) is 3.98. The summed E-state index contributed by atoms with van der Waals surface area (Å²) in [6, 6.07) is 1.32. The molecule has 2 aliphatic heterocycles. The molecule has 3 aliphatic rings. The number of aryl methyl sites for hydroxylation is 1. The summed E-state index contributed by atoms with van der Waals surface area (Å²) >= 11 is 1.94. The van der Waals surface area contributed by atoms with Crippen molar-refractivity contribution < 1.29 is 0 Å². The molecule has 2 unspecified atom stereocenters. The highest BCUT2D eigenvalue weighted by Gasteiger charge is 2.33. The number of nitrogens with one attached hydrogen (secondary N) is 1. The number of nitrogens with zero attached hydrogens (tertiary/aromatic N) is 3. The van der Waals surface area contributed by atoms with Crippen molar-refractivity contribution in [2.24, 2.45) is 0 Å². The lowest BCUT2D eigenvalue weighted by atomic mass is 9.98. The normalized spacial score (nSPS) is 30.4. The third-order valence-electron chi connectivity index (χ3n) is 5.15. The zero-order valence-electron chi connectivity index (χ0n) is 12.3. The molecule has 0 bridgehead atoms. The number of aromatic nitrogens is 1. The molecular weight excluding hydrogens is 268 g/mol. The highest BCUT2D eigenvalue weighted by Crippen LogP contribution is 2.38. The van der Waals surface area contributed by atoms with Gasteiger partial charge >= 0.3 is 0 Å². The van der Waals surface area contributed by atoms with Crippen molar-refractivity contribution in [3.05, 3.63) is 10.6 Å². The Balaban J connectivity index is 1.55. The van der Waals surface area contributed by atoms with E-state index < -0.39 is 0 Å². The van der Waals surface area contributed by atoms with Crippen molar-refractivity contribution >= 4 is 16.5 Å². The van der Waals surface area contributed by atoms with Gasteiger partial charge in [-0.05, 0) is 45.7 Å². The summed E-state index contributed by atoms with van der Waals surface area (Å²) in [7, 11) is 2.08. The first-order chi connectivity index (χ1) is 9.85. The summed E-state index contributed by atoms with van der Waals surface area (Å²) in [5.41, 5.74) is 1.37. The molecule has 2 saturated heterocycles. The minimum absolute atomic E-state index is 0.540. The highest BCUT2D eigenvalue weighted by atomic mass is 32.1. The predicted octanol–water partition coefficient (Wildman–Crippen LogP) is 2.02. The van der Waals surface area contributed by atoms with Gasteiger partial charge in [-0.25, -0.2) is 4.98 Å². The van der Waals surface area contributed by atoms with Crippen LogP contribution in [0.3, 0.4) is 0 Å². The molecule has 3 heterocycles. The van der Waals surface area contributed by atoms with E-state index in [4.69, 9.17) is 4.98 Å². The van der Waals surface area contributed by atoms with E-state index in [9.17, 15) is 0 Å². The van der Waals surface area contributed by atoms with Crippen LogP contribution < -0.4 is 10.2 Å². The Morgan fingerprint density at radius 3 is 3.05 bits per heavy atom. The highest BCUT2D eigenvalue weighted by molar-refractivity contribution is 7.15. The van der Waals surface area contributed by atoms with Gasteiger partial charge in [0.25, 0.3) is 0 Å². The summed E-state index contributed by atoms with van der Waals surface area (Å²) in [6.07, 6.45) is 6.47. The topological polar surface area (TPSA) is 31.4 Å². The molecule has 0 amide bonds. The molecule has 1 aromatic rings. The van der Waals surface area contributed by atoms with E-state index in [1.807, 2.05) is 11.3 Å². The molecule has 1 aromatic heterocycles. The minimum atomic E-state index is 0.540.